The minimum Gasteiger partial charge on any atom is -0.337 e. The second-order valence-corrected chi connectivity index (χ2v) is 5.22. The number of amides is 1. The Labute approximate surface area is 118 Å². The molecule has 5 heteroatoms. The van der Waals surface area contributed by atoms with Crippen molar-refractivity contribution in [1.82, 2.24) is 19.7 Å². The molecule has 2 aromatic rings. The highest BCUT2D eigenvalue weighted by molar-refractivity contribution is 5.92. The third-order valence-electron chi connectivity index (χ3n) is 3.75. The predicted molar refractivity (Wildman–Crippen MR) is 75.3 cm³/mol. The molecule has 20 heavy (non-hydrogen) atoms. The molecule has 0 aromatic carbocycles. The summed E-state index contributed by atoms with van der Waals surface area (Å²) < 4.78 is 1.66. The maximum atomic E-state index is 12.4. The summed E-state index contributed by atoms with van der Waals surface area (Å²) in [5, 5.41) is 4.19. The number of aryl methyl sites for hydroxylation is 1. The Bertz CT molecular complexity index is 593. The number of pyridine rings is 1. The van der Waals surface area contributed by atoms with Gasteiger partial charge < -0.3 is 4.90 Å². The maximum Gasteiger partial charge on any atom is 0.274 e. The maximum absolute atomic E-state index is 12.4. The molecule has 1 unspecified atom stereocenters. The Balaban J connectivity index is 1.74. The van der Waals surface area contributed by atoms with Crippen molar-refractivity contribution >= 4 is 5.91 Å². The average Bonchev–Trinajstić information content (AvgIpc) is 2.94. The molecule has 1 fully saturated rings. The topological polar surface area (TPSA) is 51.0 Å². The van der Waals surface area contributed by atoms with Crippen molar-refractivity contribution in [2.45, 2.75) is 18.8 Å². The van der Waals surface area contributed by atoms with E-state index >= 15 is 0 Å². The van der Waals surface area contributed by atoms with Crippen LogP contribution < -0.4 is 0 Å². The minimum atomic E-state index is 0.0197. The Morgan fingerprint density at radius 2 is 2.25 bits per heavy atom. The number of hydrogen-bond acceptors (Lipinski definition) is 3. The Morgan fingerprint density at radius 3 is 2.95 bits per heavy atom. The molecule has 0 N–H and O–H groups in total. The molecule has 1 amide bonds. The molecule has 1 atom stereocenters. The first-order valence-corrected chi connectivity index (χ1v) is 6.94. The molecule has 104 valence electrons. The summed E-state index contributed by atoms with van der Waals surface area (Å²) in [6.07, 6.45) is 5.71. The van der Waals surface area contributed by atoms with Gasteiger partial charge in [0.1, 0.15) is 5.69 Å². The summed E-state index contributed by atoms with van der Waals surface area (Å²) in [5.41, 5.74) is 1.60. The fourth-order valence-corrected chi connectivity index (χ4v) is 2.71. The number of carbonyl (C=O) groups excluding carboxylic acids is 1. The summed E-state index contributed by atoms with van der Waals surface area (Å²) in [5.74, 6) is 0.351. The molecule has 1 aliphatic rings. The van der Waals surface area contributed by atoms with Crippen LogP contribution in [0.2, 0.25) is 0 Å². The number of rotatable bonds is 2. The van der Waals surface area contributed by atoms with Crippen molar-refractivity contribution in [3.05, 3.63) is 48.0 Å². The van der Waals surface area contributed by atoms with Crippen LogP contribution in [-0.4, -0.2) is 38.7 Å². The van der Waals surface area contributed by atoms with E-state index in [0.29, 0.717) is 11.6 Å². The molecule has 5 nitrogen and oxygen atoms in total. The van der Waals surface area contributed by atoms with Gasteiger partial charge in [-0.1, -0.05) is 6.07 Å². The van der Waals surface area contributed by atoms with Crippen molar-refractivity contribution < 1.29 is 4.79 Å². The lowest BCUT2D eigenvalue weighted by atomic mass is 9.94. The summed E-state index contributed by atoms with van der Waals surface area (Å²) >= 11 is 0. The van der Waals surface area contributed by atoms with E-state index in [1.54, 1.807) is 16.9 Å². The summed E-state index contributed by atoms with van der Waals surface area (Å²) in [7, 11) is 1.82. The van der Waals surface area contributed by atoms with Gasteiger partial charge >= 0.3 is 0 Å². The van der Waals surface area contributed by atoms with Crippen LogP contribution in [0.15, 0.2) is 36.7 Å². The number of nitrogens with zero attached hydrogens (tertiary/aromatic N) is 4. The fourth-order valence-electron chi connectivity index (χ4n) is 2.71. The van der Waals surface area contributed by atoms with Gasteiger partial charge in [0.25, 0.3) is 5.91 Å². The third-order valence-corrected chi connectivity index (χ3v) is 3.75. The largest absolute Gasteiger partial charge is 0.337 e. The van der Waals surface area contributed by atoms with E-state index < -0.39 is 0 Å². The van der Waals surface area contributed by atoms with Gasteiger partial charge in [0, 0.05) is 44.1 Å². The molecule has 2 aromatic heterocycles. The smallest absolute Gasteiger partial charge is 0.274 e. The fraction of sp³-hybridized carbons (Fsp3) is 0.400. The zero-order valence-corrected chi connectivity index (χ0v) is 11.6. The molecule has 0 bridgehead atoms. The Morgan fingerprint density at radius 1 is 1.35 bits per heavy atom. The summed E-state index contributed by atoms with van der Waals surface area (Å²) in [6.45, 7) is 1.53. The van der Waals surface area contributed by atoms with Crippen molar-refractivity contribution in [1.29, 1.82) is 0 Å². The van der Waals surface area contributed by atoms with Crippen molar-refractivity contribution in [3.63, 3.8) is 0 Å². The molecule has 0 aliphatic carbocycles. The van der Waals surface area contributed by atoms with Gasteiger partial charge in [0.2, 0.25) is 0 Å². The van der Waals surface area contributed by atoms with Crippen molar-refractivity contribution in [3.8, 4) is 0 Å². The van der Waals surface area contributed by atoms with Gasteiger partial charge in [-0.2, -0.15) is 5.10 Å². The third kappa shape index (κ3) is 2.57. The second-order valence-electron chi connectivity index (χ2n) is 5.22. The molecule has 1 saturated heterocycles. The lowest BCUT2D eigenvalue weighted by Crippen LogP contribution is -2.39. The zero-order valence-electron chi connectivity index (χ0n) is 11.6. The van der Waals surface area contributed by atoms with Crippen molar-refractivity contribution in [2.24, 2.45) is 7.05 Å². The van der Waals surface area contributed by atoms with E-state index in [1.807, 2.05) is 36.3 Å². The van der Waals surface area contributed by atoms with E-state index in [2.05, 4.69) is 10.1 Å². The van der Waals surface area contributed by atoms with Gasteiger partial charge in [0.05, 0.1) is 0 Å². The highest BCUT2D eigenvalue weighted by atomic mass is 16.2. The predicted octanol–water partition coefficient (Wildman–Crippen LogP) is 1.83. The molecule has 0 saturated carbocycles. The quantitative estimate of drug-likeness (QED) is 0.836. The van der Waals surface area contributed by atoms with E-state index in [9.17, 15) is 4.79 Å². The normalized spacial score (nSPS) is 19.1. The summed E-state index contributed by atoms with van der Waals surface area (Å²) in [6, 6.07) is 7.73. The first-order chi connectivity index (χ1) is 9.74. The van der Waals surface area contributed by atoms with E-state index in [0.717, 1.165) is 31.6 Å². The van der Waals surface area contributed by atoms with Gasteiger partial charge in [-0.25, -0.2) is 0 Å². The van der Waals surface area contributed by atoms with Crippen LogP contribution in [0.3, 0.4) is 0 Å². The van der Waals surface area contributed by atoms with Crippen LogP contribution in [0.1, 0.15) is 34.9 Å². The Kier molecular flexibility index (Phi) is 3.50. The molecular formula is C15H18N4O. The standard InChI is InChI=1S/C15H18N4O/c1-18-10-7-14(17-18)15(20)19-9-4-5-12(11-19)13-6-2-3-8-16-13/h2-3,6-8,10,12H,4-5,9,11H2,1H3. The lowest BCUT2D eigenvalue weighted by molar-refractivity contribution is 0.0699. The van der Waals surface area contributed by atoms with Gasteiger partial charge in [0.15, 0.2) is 0 Å². The Hall–Kier alpha value is -2.17. The molecule has 0 radical (unpaired) electrons. The van der Waals surface area contributed by atoms with E-state index in [1.165, 1.54) is 0 Å². The van der Waals surface area contributed by atoms with Crippen LogP contribution in [-0.2, 0) is 7.05 Å². The van der Waals surface area contributed by atoms with E-state index in [4.69, 9.17) is 0 Å². The van der Waals surface area contributed by atoms with Crippen LogP contribution in [0.5, 0.6) is 0 Å². The van der Waals surface area contributed by atoms with Crippen molar-refractivity contribution in [2.75, 3.05) is 13.1 Å². The highest BCUT2D eigenvalue weighted by Crippen LogP contribution is 2.26. The van der Waals surface area contributed by atoms with Crippen LogP contribution in [0, 0.1) is 0 Å². The SMILES string of the molecule is Cn1ccc(C(=O)N2CCCC(c3ccccn3)C2)n1. The first-order valence-electron chi connectivity index (χ1n) is 6.94. The minimum absolute atomic E-state index is 0.0197. The number of piperidine rings is 1. The lowest BCUT2D eigenvalue weighted by Gasteiger charge is -2.32. The number of likely N-dealkylation sites (tertiary alicyclic amines) is 1. The molecular weight excluding hydrogens is 252 g/mol. The van der Waals surface area contributed by atoms with Gasteiger partial charge in [-0.3, -0.25) is 14.5 Å². The zero-order chi connectivity index (χ0) is 13.9. The monoisotopic (exact) mass is 270 g/mol. The molecule has 0 spiro atoms. The van der Waals surface area contributed by atoms with Crippen LogP contribution in [0.4, 0.5) is 0 Å². The van der Waals surface area contributed by atoms with Gasteiger partial charge in [-0.05, 0) is 31.0 Å². The molecule has 3 heterocycles. The first kappa shape index (κ1) is 12.8. The highest BCUT2D eigenvalue weighted by Gasteiger charge is 2.27. The van der Waals surface area contributed by atoms with E-state index in [-0.39, 0.29) is 5.91 Å². The number of carbonyl (C=O) groups is 1. The average molecular weight is 270 g/mol. The number of hydrogen-bond donors (Lipinski definition) is 0. The van der Waals surface area contributed by atoms with Crippen LogP contribution in [0.25, 0.3) is 0 Å². The summed E-state index contributed by atoms with van der Waals surface area (Å²) in [4.78, 5) is 18.7. The second kappa shape index (κ2) is 5.45. The van der Waals surface area contributed by atoms with Gasteiger partial charge in [-0.15, -0.1) is 0 Å². The molecule has 1 aliphatic heterocycles. The molecule has 3 rings (SSSR count). The number of aromatic nitrogens is 3. The van der Waals surface area contributed by atoms with Crippen LogP contribution >= 0.6 is 0 Å².